The van der Waals surface area contributed by atoms with Crippen LogP contribution in [0.1, 0.15) is 36.0 Å². The van der Waals surface area contributed by atoms with Crippen molar-refractivity contribution in [1.29, 1.82) is 0 Å². The molecule has 0 spiro atoms. The number of rotatable bonds is 4. The number of esters is 1. The van der Waals surface area contributed by atoms with Crippen LogP contribution in [0.5, 0.6) is 0 Å². The lowest BCUT2D eigenvalue weighted by Crippen LogP contribution is -2.29. The first-order valence-corrected chi connectivity index (χ1v) is 7.19. The van der Waals surface area contributed by atoms with E-state index >= 15 is 0 Å². The first kappa shape index (κ1) is 15.1. The zero-order valence-electron chi connectivity index (χ0n) is 11.8. The van der Waals surface area contributed by atoms with Crippen LogP contribution in [0.25, 0.3) is 0 Å². The summed E-state index contributed by atoms with van der Waals surface area (Å²) in [4.78, 5) is 11.5. The minimum atomic E-state index is -0.354. The molecule has 5 heteroatoms. The SMILES string of the molecule is COC(=O)c1ccc(Cl)c(NC2CCC(OC)CC2)c1. The van der Waals surface area contributed by atoms with Crippen LogP contribution in [0, 0.1) is 0 Å². The first-order chi connectivity index (χ1) is 9.63. The van der Waals surface area contributed by atoms with Gasteiger partial charge in [-0.25, -0.2) is 4.79 Å². The summed E-state index contributed by atoms with van der Waals surface area (Å²) in [5.41, 5.74) is 1.29. The minimum Gasteiger partial charge on any atom is -0.465 e. The predicted molar refractivity (Wildman–Crippen MR) is 79.5 cm³/mol. The standard InChI is InChI=1S/C15H20ClNO3/c1-19-12-6-4-11(5-7-12)17-14-9-10(15(18)20-2)3-8-13(14)16/h3,8-9,11-12,17H,4-7H2,1-2H3. The van der Waals surface area contributed by atoms with Gasteiger partial charge in [0.05, 0.1) is 29.5 Å². The van der Waals surface area contributed by atoms with Crippen LogP contribution in [0.15, 0.2) is 18.2 Å². The Balaban J connectivity index is 2.03. The second-order valence-electron chi connectivity index (χ2n) is 5.04. The highest BCUT2D eigenvalue weighted by atomic mass is 35.5. The topological polar surface area (TPSA) is 47.6 Å². The van der Waals surface area contributed by atoms with Crippen LogP contribution < -0.4 is 5.32 Å². The summed E-state index contributed by atoms with van der Waals surface area (Å²) in [6, 6.07) is 5.50. The van der Waals surface area contributed by atoms with Gasteiger partial charge in [0.1, 0.15) is 0 Å². The lowest BCUT2D eigenvalue weighted by atomic mass is 9.93. The summed E-state index contributed by atoms with van der Waals surface area (Å²) >= 11 is 6.18. The number of nitrogens with one attached hydrogen (secondary N) is 1. The fourth-order valence-electron chi connectivity index (χ4n) is 2.54. The average Bonchev–Trinajstić information content (AvgIpc) is 2.49. The van der Waals surface area contributed by atoms with E-state index in [1.807, 2.05) is 0 Å². The molecular formula is C15H20ClNO3. The van der Waals surface area contributed by atoms with E-state index in [2.05, 4.69) is 5.32 Å². The van der Waals surface area contributed by atoms with Crippen LogP contribution in [-0.2, 0) is 9.47 Å². The fourth-order valence-corrected chi connectivity index (χ4v) is 2.72. The van der Waals surface area contributed by atoms with Gasteiger partial charge in [0.15, 0.2) is 0 Å². The van der Waals surface area contributed by atoms with Gasteiger partial charge < -0.3 is 14.8 Å². The van der Waals surface area contributed by atoms with Crippen molar-refractivity contribution in [3.05, 3.63) is 28.8 Å². The van der Waals surface area contributed by atoms with Gasteiger partial charge in [-0.3, -0.25) is 0 Å². The van der Waals surface area contributed by atoms with E-state index in [0.29, 0.717) is 22.7 Å². The Morgan fingerprint density at radius 2 is 1.95 bits per heavy atom. The van der Waals surface area contributed by atoms with Crippen molar-refractivity contribution in [1.82, 2.24) is 0 Å². The Kier molecular flexibility index (Phi) is 5.26. The normalized spacial score (nSPS) is 22.4. The van der Waals surface area contributed by atoms with Gasteiger partial charge in [-0.15, -0.1) is 0 Å². The first-order valence-electron chi connectivity index (χ1n) is 6.81. The molecular weight excluding hydrogens is 278 g/mol. The summed E-state index contributed by atoms with van der Waals surface area (Å²) in [6.07, 6.45) is 4.53. The molecule has 1 aromatic carbocycles. The van der Waals surface area contributed by atoms with E-state index in [1.54, 1.807) is 25.3 Å². The number of ether oxygens (including phenoxy) is 2. The number of carbonyl (C=O) groups excluding carboxylic acids is 1. The van der Waals surface area contributed by atoms with Crippen LogP contribution in [0.4, 0.5) is 5.69 Å². The Morgan fingerprint density at radius 1 is 1.25 bits per heavy atom. The second kappa shape index (κ2) is 6.95. The van der Waals surface area contributed by atoms with Crippen molar-refractivity contribution in [2.75, 3.05) is 19.5 Å². The third kappa shape index (κ3) is 3.64. The summed E-state index contributed by atoms with van der Waals surface area (Å²) in [6.45, 7) is 0. The highest BCUT2D eigenvalue weighted by Gasteiger charge is 2.21. The Bertz CT molecular complexity index is 470. The van der Waals surface area contributed by atoms with Crippen molar-refractivity contribution in [2.45, 2.75) is 37.8 Å². The lowest BCUT2D eigenvalue weighted by Gasteiger charge is -2.29. The van der Waals surface area contributed by atoms with Gasteiger partial charge in [-0.2, -0.15) is 0 Å². The van der Waals surface area contributed by atoms with Gasteiger partial charge in [0, 0.05) is 13.2 Å². The maximum atomic E-state index is 11.5. The van der Waals surface area contributed by atoms with Crippen molar-refractivity contribution < 1.29 is 14.3 Å². The third-order valence-electron chi connectivity index (χ3n) is 3.75. The van der Waals surface area contributed by atoms with Crippen molar-refractivity contribution >= 4 is 23.3 Å². The molecule has 1 aliphatic carbocycles. The molecule has 1 fully saturated rings. The molecule has 20 heavy (non-hydrogen) atoms. The Hall–Kier alpha value is -1.26. The van der Waals surface area contributed by atoms with Crippen molar-refractivity contribution in [3.8, 4) is 0 Å². The van der Waals surface area contributed by atoms with Crippen molar-refractivity contribution in [3.63, 3.8) is 0 Å². The van der Waals surface area contributed by atoms with Crippen LogP contribution in [0.2, 0.25) is 5.02 Å². The van der Waals surface area contributed by atoms with Crippen LogP contribution in [0.3, 0.4) is 0 Å². The van der Waals surface area contributed by atoms with Gasteiger partial charge in [0.2, 0.25) is 0 Å². The largest absolute Gasteiger partial charge is 0.465 e. The highest BCUT2D eigenvalue weighted by molar-refractivity contribution is 6.33. The summed E-state index contributed by atoms with van der Waals surface area (Å²) < 4.78 is 10.1. The van der Waals surface area contributed by atoms with Gasteiger partial charge >= 0.3 is 5.97 Å². The molecule has 0 aromatic heterocycles. The molecule has 4 nitrogen and oxygen atoms in total. The molecule has 110 valence electrons. The molecule has 0 aliphatic heterocycles. The molecule has 2 rings (SSSR count). The van der Waals surface area contributed by atoms with Gasteiger partial charge in [-0.1, -0.05) is 11.6 Å². The highest BCUT2D eigenvalue weighted by Crippen LogP contribution is 2.28. The quantitative estimate of drug-likeness (QED) is 0.864. The van der Waals surface area contributed by atoms with E-state index in [4.69, 9.17) is 21.1 Å². The average molecular weight is 298 g/mol. The van der Waals surface area contributed by atoms with E-state index in [1.165, 1.54) is 7.11 Å². The van der Waals surface area contributed by atoms with Crippen molar-refractivity contribution in [2.24, 2.45) is 0 Å². The third-order valence-corrected chi connectivity index (χ3v) is 4.08. The minimum absolute atomic E-state index is 0.354. The smallest absolute Gasteiger partial charge is 0.337 e. The number of hydrogen-bond acceptors (Lipinski definition) is 4. The molecule has 1 aromatic rings. The molecule has 0 bridgehead atoms. The van der Waals surface area contributed by atoms with Crippen LogP contribution >= 0.6 is 11.6 Å². The molecule has 1 saturated carbocycles. The second-order valence-corrected chi connectivity index (χ2v) is 5.45. The monoisotopic (exact) mass is 297 g/mol. The van der Waals surface area contributed by atoms with E-state index < -0.39 is 0 Å². The molecule has 0 unspecified atom stereocenters. The number of carbonyl (C=O) groups is 1. The van der Waals surface area contributed by atoms with E-state index in [9.17, 15) is 4.79 Å². The molecule has 0 amide bonds. The molecule has 0 atom stereocenters. The van der Waals surface area contributed by atoms with Gasteiger partial charge in [-0.05, 0) is 43.9 Å². The van der Waals surface area contributed by atoms with Crippen LogP contribution in [-0.4, -0.2) is 32.3 Å². The zero-order chi connectivity index (χ0) is 14.5. The maximum Gasteiger partial charge on any atom is 0.337 e. The number of methoxy groups -OCH3 is 2. The summed E-state index contributed by atoms with van der Waals surface area (Å²) in [7, 11) is 3.13. The summed E-state index contributed by atoms with van der Waals surface area (Å²) in [5, 5.41) is 4.04. The van der Waals surface area contributed by atoms with E-state index in [0.717, 1.165) is 31.4 Å². The summed E-state index contributed by atoms with van der Waals surface area (Å²) in [5.74, 6) is -0.354. The molecule has 1 N–H and O–H groups in total. The number of benzene rings is 1. The Morgan fingerprint density at radius 3 is 2.55 bits per heavy atom. The molecule has 0 radical (unpaired) electrons. The Labute approximate surface area is 124 Å². The predicted octanol–water partition coefficient (Wildman–Crippen LogP) is 3.50. The van der Waals surface area contributed by atoms with Gasteiger partial charge in [0.25, 0.3) is 0 Å². The molecule has 0 heterocycles. The molecule has 0 saturated heterocycles. The number of anilines is 1. The fraction of sp³-hybridized carbons (Fsp3) is 0.533. The number of halogens is 1. The number of hydrogen-bond donors (Lipinski definition) is 1. The zero-order valence-corrected chi connectivity index (χ0v) is 12.6. The molecule has 1 aliphatic rings. The maximum absolute atomic E-state index is 11.5. The lowest BCUT2D eigenvalue weighted by molar-refractivity contribution is 0.0601. The van der Waals surface area contributed by atoms with E-state index in [-0.39, 0.29) is 5.97 Å².